The standard InChI is InChI=1S/C16H18O/c1-4-16-12(2)10-15(11-13(16)3)17-14-8-6-5-7-9-14/h5-11H,4H2,1-3H3. The fourth-order valence-corrected chi connectivity index (χ4v) is 2.19. The van der Waals surface area contributed by atoms with Gasteiger partial charge in [0.05, 0.1) is 0 Å². The molecule has 0 aliphatic carbocycles. The molecule has 0 heterocycles. The van der Waals surface area contributed by atoms with Crippen molar-refractivity contribution in [2.75, 3.05) is 0 Å². The van der Waals surface area contributed by atoms with Crippen LogP contribution < -0.4 is 4.74 Å². The Morgan fingerprint density at radius 3 is 2.00 bits per heavy atom. The summed E-state index contributed by atoms with van der Waals surface area (Å²) in [6.45, 7) is 6.47. The van der Waals surface area contributed by atoms with Gasteiger partial charge in [-0.15, -0.1) is 0 Å². The maximum Gasteiger partial charge on any atom is 0.127 e. The van der Waals surface area contributed by atoms with E-state index in [2.05, 4.69) is 32.9 Å². The van der Waals surface area contributed by atoms with Gasteiger partial charge in [-0.25, -0.2) is 0 Å². The van der Waals surface area contributed by atoms with Gasteiger partial charge in [0.25, 0.3) is 0 Å². The molecular formula is C16H18O. The first kappa shape index (κ1) is 11.7. The van der Waals surface area contributed by atoms with Crippen molar-refractivity contribution in [2.45, 2.75) is 27.2 Å². The predicted molar refractivity (Wildman–Crippen MR) is 71.8 cm³/mol. The first-order valence-electron chi connectivity index (χ1n) is 6.03. The summed E-state index contributed by atoms with van der Waals surface area (Å²) in [7, 11) is 0. The Bertz CT molecular complexity index is 477. The van der Waals surface area contributed by atoms with Gasteiger partial charge in [-0.05, 0) is 61.2 Å². The van der Waals surface area contributed by atoms with Crippen molar-refractivity contribution in [1.82, 2.24) is 0 Å². The van der Waals surface area contributed by atoms with Crippen LogP contribution >= 0.6 is 0 Å². The monoisotopic (exact) mass is 226 g/mol. The van der Waals surface area contributed by atoms with Crippen LogP contribution in [-0.4, -0.2) is 0 Å². The topological polar surface area (TPSA) is 9.23 Å². The Labute approximate surface area is 103 Å². The van der Waals surface area contributed by atoms with Gasteiger partial charge in [0.1, 0.15) is 11.5 Å². The van der Waals surface area contributed by atoms with E-state index in [1.165, 1.54) is 16.7 Å². The van der Waals surface area contributed by atoms with E-state index in [0.717, 1.165) is 17.9 Å². The van der Waals surface area contributed by atoms with Crippen LogP contribution in [0.4, 0.5) is 0 Å². The van der Waals surface area contributed by atoms with Gasteiger partial charge in [0.15, 0.2) is 0 Å². The van der Waals surface area contributed by atoms with Crippen molar-refractivity contribution in [3.63, 3.8) is 0 Å². The normalized spacial score (nSPS) is 10.3. The summed E-state index contributed by atoms with van der Waals surface area (Å²) in [4.78, 5) is 0. The molecule has 2 rings (SSSR count). The lowest BCUT2D eigenvalue weighted by atomic mass is 10.0. The van der Waals surface area contributed by atoms with Gasteiger partial charge in [-0.1, -0.05) is 25.1 Å². The molecule has 88 valence electrons. The summed E-state index contributed by atoms with van der Waals surface area (Å²) in [5, 5.41) is 0. The molecule has 0 bridgehead atoms. The second-order valence-electron chi connectivity index (χ2n) is 4.30. The third kappa shape index (κ3) is 2.68. The minimum absolute atomic E-state index is 0.885. The highest BCUT2D eigenvalue weighted by atomic mass is 16.5. The van der Waals surface area contributed by atoms with E-state index in [9.17, 15) is 0 Å². The van der Waals surface area contributed by atoms with Crippen LogP contribution in [0.2, 0.25) is 0 Å². The summed E-state index contributed by atoms with van der Waals surface area (Å²) < 4.78 is 5.84. The van der Waals surface area contributed by atoms with Gasteiger partial charge in [-0.3, -0.25) is 0 Å². The Kier molecular flexibility index (Phi) is 3.48. The molecule has 0 saturated carbocycles. The maximum absolute atomic E-state index is 5.84. The molecule has 0 spiro atoms. The summed E-state index contributed by atoms with van der Waals surface area (Å²) in [5.74, 6) is 1.80. The third-order valence-corrected chi connectivity index (χ3v) is 3.00. The number of benzene rings is 2. The van der Waals surface area contributed by atoms with Crippen LogP contribution in [0.15, 0.2) is 42.5 Å². The molecule has 0 aliphatic rings. The number of aryl methyl sites for hydroxylation is 2. The molecule has 0 fully saturated rings. The fraction of sp³-hybridized carbons (Fsp3) is 0.250. The highest BCUT2D eigenvalue weighted by molar-refractivity contribution is 5.42. The fourth-order valence-electron chi connectivity index (χ4n) is 2.19. The molecule has 0 unspecified atom stereocenters. The van der Waals surface area contributed by atoms with E-state index in [1.807, 2.05) is 30.3 Å². The molecule has 2 aromatic rings. The summed E-state index contributed by atoms with van der Waals surface area (Å²) in [6, 6.07) is 14.1. The highest BCUT2D eigenvalue weighted by Gasteiger charge is 2.04. The van der Waals surface area contributed by atoms with Crippen LogP contribution in [0.1, 0.15) is 23.6 Å². The molecule has 2 aromatic carbocycles. The SMILES string of the molecule is CCc1c(C)cc(Oc2ccccc2)cc1C. The van der Waals surface area contributed by atoms with E-state index in [1.54, 1.807) is 0 Å². The molecule has 0 amide bonds. The molecule has 0 radical (unpaired) electrons. The molecule has 1 nitrogen and oxygen atoms in total. The smallest absolute Gasteiger partial charge is 0.127 e. The Morgan fingerprint density at radius 1 is 0.882 bits per heavy atom. The van der Waals surface area contributed by atoms with Gasteiger partial charge in [0.2, 0.25) is 0 Å². The minimum atomic E-state index is 0.885. The molecule has 0 aromatic heterocycles. The zero-order valence-electron chi connectivity index (χ0n) is 10.7. The largest absolute Gasteiger partial charge is 0.457 e. The predicted octanol–water partition coefficient (Wildman–Crippen LogP) is 4.66. The summed E-state index contributed by atoms with van der Waals surface area (Å²) in [6.07, 6.45) is 1.07. The molecule has 17 heavy (non-hydrogen) atoms. The van der Waals surface area contributed by atoms with Crippen LogP contribution in [-0.2, 0) is 6.42 Å². The summed E-state index contributed by atoms with van der Waals surface area (Å²) >= 11 is 0. The summed E-state index contributed by atoms with van der Waals surface area (Å²) in [5.41, 5.74) is 4.03. The third-order valence-electron chi connectivity index (χ3n) is 3.00. The Morgan fingerprint density at radius 2 is 1.47 bits per heavy atom. The Hall–Kier alpha value is -1.76. The van der Waals surface area contributed by atoms with Crippen LogP contribution in [0.25, 0.3) is 0 Å². The maximum atomic E-state index is 5.84. The van der Waals surface area contributed by atoms with Gasteiger partial charge in [-0.2, -0.15) is 0 Å². The molecule has 0 aliphatic heterocycles. The number of ether oxygens (including phenoxy) is 1. The van der Waals surface area contributed by atoms with E-state index >= 15 is 0 Å². The lowest BCUT2D eigenvalue weighted by molar-refractivity contribution is 0.481. The van der Waals surface area contributed by atoms with Crippen LogP contribution in [0, 0.1) is 13.8 Å². The molecular weight excluding hydrogens is 208 g/mol. The average Bonchev–Trinajstić information content (AvgIpc) is 2.30. The van der Waals surface area contributed by atoms with Crippen LogP contribution in [0.3, 0.4) is 0 Å². The van der Waals surface area contributed by atoms with Gasteiger partial charge in [0, 0.05) is 0 Å². The number of hydrogen-bond acceptors (Lipinski definition) is 1. The zero-order valence-corrected chi connectivity index (χ0v) is 10.7. The zero-order chi connectivity index (χ0) is 12.3. The number of rotatable bonds is 3. The van der Waals surface area contributed by atoms with Crippen molar-refractivity contribution in [3.8, 4) is 11.5 Å². The number of hydrogen-bond donors (Lipinski definition) is 0. The van der Waals surface area contributed by atoms with Crippen molar-refractivity contribution in [1.29, 1.82) is 0 Å². The van der Waals surface area contributed by atoms with Gasteiger partial charge >= 0.3 is 0 Å². The van der Waals surface area contributed by atoms with Gasteiger partial charge < -0.3 is 4.74 Å². The van der Waals surface area contributed by atoms with E-state index in [0.29, 0.717) is 0 Å². The second-order valence-corrected chi connectivity index (χ2v) is 4.30. The van der Waals surface area contributed by atoms with Crippen LogP contribution in [0.5, 0.6) is 11.5 Å². The van der Waals surface area contributed by atoms with E-state index in [4.69, 9.17) is 4.74 Å². The second kappa shape index (κ2) is 5.05. The van der Waals surface area contributed by atoms with E-state index < -0.39 is 0 Å². The molecule has 0 saturated heterocycles. The average molecular weight is 226 g/mol. The lowest BCUT2D eigenvalue weighted by Crippen LogP contribution is -1.93. The highest BCUT2D eigenvalue weighted by Crippen LogP contribution is 2.26. The molecule has 1 heteroatoms. The minimum Gasteiger partial charge on any atom is -0.457 e. The number of para-hydroxylation sites is 1. The van der Waals surface area contributed by atoms with E-state index in [-0.39, 0.29) is 0 Å². The first-order chi connectivity index (χ1) is 8.20. The Balaban J connectivity index is 2.29. The quantitative estimate of drug-likeness (QED) is 0.739. The van der Waals surface area contributed by atoms with Crippen molar-refractivity contribution >= 4 is 0 Å². The first-order valence-corrected chi connectivity index (χ1v) is 6.03. The molecule has 0 atom stereocenters. The van der Waals surface area contributed by atoms with Crippen molar-refractivity contribution in [3.05, 3.63) is 59.2 Å². The lowest BCUT2D eigenvalue weighted by Gasteiger charge is -2.12. The van der Waals surface area contributed by atoms with Crippen molar-refractivity contribution in [2.24, 2.45) is 0 Å². The van der Waals surface area contributed by atoms with Crippen molar-refractivity contribution < 1.29 is 4.74 Å². The molecule has 0 N–H and O–H groups in total.